The Bertz CT molecular complexity index is 225. The van der Waals surface area contributed by atoms with Crippen LogP contribution < -0.4 is 0 Å². The Kier molecular flexibility index (Phi) is 3.76. The van der Waals surface area contributed by atoms with Gasteiger partial charge in [0.1, 0.15) is 0 Å². The smallest absolute Gasteiger partial charge is 0.322 e. The Morgan fingerprint density at radius 1 is 1.33 bits per heavy atom. The fourth-order valence-corrected chi connectivity index (χ4v) is 0.777. The van der Waals surface area contributed by atoms with Gasteiger partial charge in [0.2, 0.25) is 0 Å². The van der Waals surface area contributed by atoms with Crippen LogP contribution in [-0.4, -0.2) is 22.2 Å². The third-order valence-corrected chi connectivity index (χ3v) is 1.33. The van der Waals surface area contributed by atoms with Crippen LogP contribution in [-0.2, 0) is 9.59 Å². The number of carboxylic acids is 2. The number of hydrogen-bond donors (Lipinski definition) is 2. The van der Waals surface area contributed by atoms with Crippen LogP contribution in [0.15, 0.2) is 24.3 Å². The molecule has 0 fully saturated rings. The van der Waals surface area contributed by atoms with Crippen molar-refractivity contribution in [1.29, 1.82) is 0 Å². The molecule has 4 heteroatoms. The van der Waals surface area contributed by atoms with Gasteiger partial charge in [0.25, 0.3) is 0 Å². The van der Waals surface area contributed by atoms with E-state index in [1.165, 1.54) is 19.1 Å². The highest BCUT2D eigenvalue weighted by Gasteiger charge is 2.26. The first-order valence-electron chi connectivity index (χ1n) is 3.25. The van der Waals surface area contributed by atoms with Gasteiger partial charge in [0.05, 0.1) is 0 Å². The second-order valence-electron chi connectivity index (χ2n) is 2.26. The summed E-state index contributed by atoms with van der Waals surface area (Å²) in [5.74, 6) is -4.20. The van der Waals surface area contributed by atoms with Crippen molar-refractivity contribution in [2.24, 2.45) is 5.92 Å². The van der Waals surface area contributed by atoms with E-state index < -0.39 is 17.9 Å². The lowest BCUT2D eigenvalue weighted by atomic mass is 10.0. The summed E-state index contributed by atoms with van der Waals surface area (Å²) < 4.78 is 0. The molecular weight excluding hydrogens is 160 g/mol. The summed E-state index contributed by atoms with van der Waals surface area (Å²) in [6, 6.07) is 0. The predicted octanol–water partition coefficient (Wildman–Crippen LogP) is 0.904. The van der Waals surface area contributed by atoms with Crippen LogP contribution in [0.3, 0.4) is 0 Å². The van der Waals surface area contributed by atoms with Gasteiger partial charge in [-0.2, -0.15) is 0 Å². The zero-order chi connectivity index (χ0) is 9.72. The number of allylic oxidation sites excluding steroid dienone is 2. The molecule has 66 valence electrons. The molecule has 0 atom stereocenters. The summed E-state index contributed by atoms with van der Waals surface area (Å²) in [6.45, 7) is 4.78. The first-order chi connectivity index (χ1) is 5.50. The summed E-state index contributed by atoms with van der Waals surface area (Å²) in [4.78, 5) is 20.8. The molecule has 0 aliphatic carbocycles. The van der Waals surface area contributed by atoms with Gasteiger partial charge in [-0.05, 0) is 12.5 Å². The van der Waals surface area contributed by atoms with Crippen molar-refractivity contribution in [1.82, 2.24) is 0 Å². The summed E-state index contributed by atoms with van der Waals surface area (Å²) >= 11 is 0. The minimum Gasteiger partial charge on any atom is -0.480 e. The van der Waals surface area contributed by atoms with Crippen LogP contribution in [0.4, 0.5) is 0 Å². The molecule has 0 radical (unpaired) electrons. The van der Waals surface area contributed by atoms with Crippen LogP contribution in [0.2, 0.25) is 0 Å². The molecule has 12 heavy (non-hydrogen) atoms. The van der Waals surface area contributed by atoms with Crippen molar-refractivity contribution >= 4 is 11.9 Å². The molecule has 0 amide bonds. The molecule has 0 spiro atoms. The van der Waals surface area contributed by atoms with Crippen molar-refractivity contribution < 1.29 is 19.8 Å². The highest BCUT2D eigenvalue weighted by molar-refractivity contribution is 5.96. The molecule has 0 bridgehead atoms. The van der Waals surface area contributed by atoms with Gasteiger partial charge >= 0.3 is 11.9 Å². The van der Waals surface area contributed by atoms with Crippen molar-refractivity contribution in [2.45, 2.75) is 6.92 Å². The second kappa shape index (κ2) is 4.33. The summed E-state index contributed by atoms with van der Waals surface area (Å²) in [5, 5.41) is 17.0. The summed E-state index contributed by atoms with van der Waals surface area (Å²) in [5.41, 5.74) is 0.255. The van der Waals surface area contributed by atoms with E-state index in [-0.39, 0.29) is 5.57 Å². The largest absolute Gasteiger partial charge is 0.480 e. The maximum absolute atomic E-state index is 10.4. The molecular formula is C8H10O4. The zero-order valence-electron chi connectivity index (χ0n) is 6.65. The van der Waals surface area contributed by atoms with Gasteiger partial charge in [0.15, 0.2) is 5.92 Å². The highest BCUT2D eigenvalue weighted by atomic mass is 16.4. The third-order valence-electron chi connectivity index (χ3n) is 1.33. The van der Waals surface area contributed by atoms with Crippen LogP contribution >= 0.6 is 0 Å². The maximum Gasteiger partial charge on any atom is 0.322 e. The lowest BCUT2D eigenvalue weighted by molar-refractivity contribution is -0.152. The van der Waals surface area contributed by atoms with Gasteiger partial charge < -0.3 is 10.2 Å². The molecule has 0 unspecified atom stereocenters. The second-order valence-corrected chi connectivity index (χ2v) is 2.26. The Labute approximate surface area is 69.8 Å². The van der Waals surface area contributed by atoms with Gasteiger partial charge in [-0.25, -0.2) is 0 Å². The van der Waals surface area contributed by atoms with E-state index in [2.05, 4.69) is 6.58 Å². The van der Waals surface area contributed by atoms with Crippen LogP contribution in [0.25, 0.3) is 0 Å². The normalized spacial score (nSPS) is 11.3. The molecule has 0 aromatic carbocycles. The monoisotopic (exact) mass is 170 g/mol. The van der Waals surface area contributed by atoms with E-state index in [1.807, 2.05) is 0 Å². The highest BCUT2D eigenvalue weighted by Crippen LogP contribution is 2.10. The molecule has 2 N–H and O–H groups in total. The first-order valence-corrected chi connectivity index (χ1v) is 3.25. The van der Waals surface area contributed by atoms with E-state index in [9.17, 15) is 9.59 Å². The SMILES string of the molecule is C=CC=C(C)C(C(=O)O)C(=O)O. The van der Waals surface area contributed by atoms with E-state index in [0.29, 0.717) is 0 Å². The summed E-state index contributed by atoms with van der Waals surface area (Å²) in [6.07, 6.45) is 2.72. The molecule has 0 saturated carbocycles. The number of hydrogen-bond acceptors (Lipinski definition) is 2. The lowest BCUT2D eigenvalue weighted by Gasteiger charge is -2.05. The Morgan fingerprint density at radius 3 is 2.00 bits per heavy atom. The molecule has 0 aliphatic heterocycles. The van der Waals surface area contributed by atoms with E-state index in [4.69, 9.17) is 10.2 Å². The van der Waals surface area contributed by atoms with Crippen molar-refractivity contribution in [2.75, 3.05) is 0 Å². The average Bonchev–Trinajstić information content (AvgIpc) is 1.85. The van der Waals surface area contributed by atoms with E-state index in [0.717, 1.165) is 0 Å². The lowest BCUT2D eigenvalue weighted by Crippen LogP contribution is -2.24. The fourth-order valence-electron chi connectivity index (χ4n) is 0.777. The molecule has 0 aromatic rings. The van der Waals surface area contributed by atoms with Gasteiger partial charge in [-0.3, -0.25) is 9.59 Å². The van der Waals surface area contributed by atoms with E-state index >= 15 is 0 Å². The van der Waals surface area contributed by atoms with Gasteiger partial charge in [-0.15, -0.1) is 0 Å². The van der Waals surface area contributed by atoms with Crippen LogP contribution in [0.5, 0.6) is 0 Å². The Balaban J connectivity index is 4.74. The summed E-state index contributed by atoms with van der Waals surface area (Å²) in [7, 11) is 0. The average molecular weight is 170 g/mol. The topological polar surface area (TPSA) is 74.6 Å². The van der Waals surface area contributed by atoms with Crippen molar-refractivity contribution in [3.05, 3.63) is 24.3 Å². The Morgan fingerprint density at radius 2 is 1.75 bits per heavy atom. The molecule has 0 heterocycles. The van der Waals surface area contributed by atoms with Crippen molar-refractivity contribution in [3.63, 3.8) is 0 Å². The number of carboxylic acid groups (broad SMARTS) is 2. The van der Waals surface area contributed by atoms with E-state index in [1.54, 1.807) is 0 Å². The number of aliphatic carboxylic acids is 2. The number of rotatable bonds is 4. The fraction of sp³-hybridized carbons (Fsp3) is 0.250. The van der Waals surface area contributed by atoms with Crippen LogP contribution in [0, 0.1) is 5.92 Å². The minimum absolute atomic E-state index is 0.255. The standard InChI is InChI=1S/C8H10O4/c1-3-4-5(2)6(7(9)10)8(11)12/h3-4,6H,1H2,2H3,(H,9,10)(H,11,12). The zero-order valence-corrected chi connectivity index (χ0v) is 6.65. The molecule has 4 nitrogen and oxygen atoms in total. The minimum atomic E-state index is -1.47. The molecule has 0 aliphatic rings. The van der Waals surface area contributed by atoms with Crippen molar-refractivity contribution in [3.8, 4) is 0 Å². The predicted molar refractivity (Wildman–Crippen MR) is 42.7 cm³/mol. The first kappa shape index (κ1) is 10.4. The maximum atomic E-state index is 10.4. The Hall–Kier alpha value is -1.58. The quantitative estimate of drug-likeness (QED) is 0.485. The molecule has 0 saturated heterocycles. The van der Waals surface area contributed by atoms with Crippen LogP contribution in [0.1, 0.15) is 6.92 Å². The van der Waals surface area contributed by atoms with Gasteiger partial charge in [0, 0.05) is 0 Å². The molecule has 0 rings (SSSR count). The molecule has 0 aromatic heterocycles. The third kappa shape index (κ3) is 2.57. The number of carbonyl (C=O) groups is 2. The van der Waals surface area contributed by atoms with Gasteiger partial charge in [-0.1, -0.05) is 18.7 Å².